The maximum atomic E-state index is 12.7. The van der Waals surface area contributed by atoms with Crippen LogP contribution in [0.4, 0.5) is 11.6 Å². The standard InChI is InChI=1S/C21H19N7O/c1-27-13-22-12-18(27)16-7-15-8-19(25-11-17(15)24-10-16)26-21(29)14-3-4-23-20(9-14)28-5-2-6-28/h3-4,7-13H,2,5-6H2,1H3,(H,25,26,29). The minimum Gasteiger partial charge on any atom is -0.356 e. The molecule has 0 saturated carbocycles. The van der Waals surface area contributed by atoms with Gasteiger partial charge in [0.2, 0.25) is 0 Å². The number of amides is 1. The number of rotatable bonds is 4. The molecule has 8 nitrogen and oxygen atoms in total. The summed E-state index contributed by atoms with van der Waals surface area (Å²) < 4.78 is 1.94. The molecule has 1 saturated heterocycles. The van der Waals surface area contributed by atoms with Crippen LogP contribution < -0.4 is 10.2 Å². The van der Waals surface area contributed by atoms with Gasteiger partial charge in [0.1, 0.15) is 11.6 Å². The van der Waals surface area contributed by atoms with Crippen molar-refractivity contribution in [3.05, 3.63) is 60.9 Å². The summed E-state index contributed by atoms with van der Waals surface area (Å²) in [6.45, 7) is 1.96. The molecule has 0 atom stereocenters. The highest BCUT2D eigenvalue weighted by Crippen LogP contribution is 2.24. The molecule has 8 heteroatoms. The largest absolute Gasteiger partial charge is 0.356 e. The Bertz CT molecular complexity index is 1210. The van der Waals surface area contributed by atoms with E-state index in [1.165, 1.54) is 0 Å². The van der Waals surface area contributed by atoms with Crippen LogP contribution in [0.1, 0.15) is 16.8 Å². The fourth-order valence-corrected chi connectivity index (χ4v) is 3.34. The fraction of sp³-hybridized carbons (Fsp3) is 0.190. The molecule has 1 amide bonds. The van der Waals surface area contributed by atoms with Gasteiger partial charge in [-0.2, -0.15) is 0 Å². The number of fused-ring (bicyclic) bond motifs is 1. The quantitative estimate of drug-likeness (QED) is 0.581. The Morgan fingerprint density at radius 1 is 1.07 bits per heavy atom. The number of aromatic nitrogens is 5. The summed E-state index contributed by atoms with van der Waals surface area (Å²) in [6, 6.07) is 7.38. The van der Waals surface area contributed by atoms with Gasteiger partial charge in [0, 0.05) is 49.0 Å². The molecule has 1 aliphatic rings. The zero-order valence-electron chi connectivity index (χ0n) is 15.9. The van der Waals surface area contributed by atoms with Crippen LogP contribution in [0.2, 0.25) is 0 Å². The lowest BCUT2D eigenvalue weighted by molar-refractivity contribution is 0.102. The number of imidazole rings is 1. The molecule has 0 unspecified atom stereocenters. The molecular formula is C21H19N7O. The SMILES string of the molecule is Cn1cncc1-c1cnc2cnc(NC(=O)c3ccnc(N4CCC4)c3)cc2c1. The van der Waals surface area contributed by atoms with Crippen LogP contribution in [0.5, 0.6) is 0 Å². The molecule has 1 N–H and O–H groups in total. The van der Waals surface area contributed by atoms with Crippen molar-refractivity contribution >= 4 is 28.4 Å². The van der Waals surface area contributed by atoms with Gasteiger partial charge >= 0.3 is 0 Å². The predicted molar refractivity (Wildman–Crippen MR) is 111 cm³/mol. The molecule has 0 aromatic carbocycles. The summed E-state index contributed by atoms with van der Waals surface area (Å²) in [5, 5.41) is 3.77. The Labute approximate surface area is 167 Å². The zero-order chi connectivity index (χ0) is 19.8. The second-order valence-corrected chi connectivity index (χ2v) is 7.07. The number of pyridine rings is 3. The fourth-order valence-electron chi connectivity index (χ4n) is 3.34. The molecule has 1 aliphatic heterocycles. The van der Waals surface area contributed by atoms with Crippen LogP contribution in [-0.4, -0.2) is 43.5 Å². The third-order valence-electron chi connectivity index (χ3n) is 5.11. The average molecular weight is 385 g/mol. The third-order valence-corrected chi connectivity index (χ3v) is 5.11. The van der Waals surface area contributed by atoms with Crippen molar-refractivity contribution in [2.24, 2.45) is 7.05 Å². The Morgan fingerprint density at radius 2 is 1.97 bits per heavy atom. The Kier molecular flexibility index (Phi) is 4.16. The molecule has 0 radical (unpaired) electrons. The highest BCUT2D eigenvalue weighted by Gasteiger charge is 2.17. The minimum atomic E-state index is -0.211. The van der Waals surface area contributed by atoms with E-state index in [1.54, 1.807) is 37.2 Å². The van der Waals surface area contributed by atoms with Crippen LogP contribution in [0.25, 0.3) is 22.2 Å². The first-order valence-electron chi connectivity index (χ1n) is 9.42. The maximum absolute atomic E-state index is 12.7. The topological polar surface area (TPSA) is 88.8 Å². The first-order chi connectivity index (χ1) is 14.2. The Hall–Kier alpha value is -3.81. The number of nitrogens with zero attached hydrogens (tertiary/aromatic N) is 6. The summed E-state index contributed by atoms with van der Waals surface area (Å²) in [5.74, 6) is 1.10. The number of anilines is 2. The van der Waals surface area contributed by atoms with Crippen molar-refractivity contribution < 1.29 is 4.79 Å². The van der Waals surface area contributed by atoms with Crippen LogP contribution in [0, 0.1) is 0 Å². The molecule has 5 heterocycles. The lowest BCUT2D eigenvalue weighted by Crippen LogP contribution is -2.37. The average Bonchev–Trinajstić information content (AvgIpc) is 3.12. The molecular weight excluding hydrogens is 366 g/mol. The summed E-state index contributed by atoms with van der Waals surface area (Å²) in [4.78, 5) is 32.2. The molecule has 4 aromatic rings. The maximum Gasteiger partial charge on any atom is 0.257 e. The van der Waals surface area contributed by atoms with Gasteiger partial charge in [0.05, 0.1) is 29.9 Å². The van der Waals surface area contributed by atoms with E-state index in [4.69, 9.17) is 0 Å². The van der Waals surface area contributed by atoms with Crippen LogP contribution in [-0.2, 0) is 7.05 Å². The van der Waals surface area contributed by atoms with Gasteiger partial charge in [-0.1, -0.05) is 0 Å². The normalized spacial score (nSPS) is 13.3. The van der Waals surface area contributed by atoms with Crippen molar-refractivity contribution in [3.63, 3.8) is 0 Å². The van der Waals surface area contributed by atoms with Gasteiger partial charge < -0.3 is 14.8 Å². The van der Waals surface area contributed by atoms with E-state index in [0.717, 1.165) is 47.5 Å². The van der Waals surface area contributed by atoms with Crippen LogP contribution >= 0.6 is 0 Å². The number of hydrogen-bond acceptors (Lipinski definition) is 6. The molecule has 0 bridgehead atoms. The van der Waals surface area contributed by atoms with Gasteiger partial charge in [-0.25, -0.2) is 15.0 Å². The molecule has 1 fully saturated rings. The van der Waals surface area contributed by atoms with E-state index < -0.39 is 0 Å². The third kappa shape index (κ3) is 3.29. The second-order valence-electron chi connectivity index (χ2n) is 7.07. The summed E-state index contributed by atoms with van der Waals surface area (Å²) in [7, 11) is 1.94. The Balaban J connectivity index is 1.41. The van der Waals surface area contributed by atoms with Crippen molar-refractivity contribution in [2.75, 3.05) is 23.3 Å². The second kappa shape index (κ2) is 6.97. The van der Waals surface area contributed by atoms with Gasteiger partial charge in [-0.05, 0) is 30.7 Å². The minimum absolute atomic E-state index is 0.211. The molecule has 0 spiro atoms. The monoisotopic (exact) mass is 385 g/mol. The van der Waals surface area contributed by atoms with Crippen molar-refractivity contribution in [1.82, 2.24) is 24.5 Å². The zero-order valence-corrected chi connectivity index (χ0v) is 15.9. The lowest BCUT2D eigenvalue weighted by Gasteiger charge is -2.32. The highest BCUT2D eigenvalue weighted by atomic mass is 16.1. The summed E-state index contributed by atoms with van der Waals surface area (Å²) in [5.41, 5.74) is 3.25. The first kappa shape index (κ1) is 17.3. The van der Waals surface area contributed by atoms with E-state index in [9.17, 15) is 4.79 Å². The number of carbonyl (C=O) groups excluding carboxylic acids is 1. The number of carbonyl (C=O) groups is 1. The first-order valence-corrected chi connectivity index (χ1v) is 9.42. The molecule has 5 rings (SSSR count). The van der Waals surface area contributed by atoms with Gasteiger partial charge in [-0.15, -0.1) is 0 Å². The Morgan fingerprint density at radius 3 is 2.72 bits per heavy atom. The number of aryl methyl sites for hydroxylation is 1. The highest BCUT2D eigenvalue weighted by molar-refractivity contribution is 6.04. The predicted octanol–water partition coefficient (Wildman–Crippen LogP) is 2.89. The lowest BCUT2D eigenvalue weighted by atomic mass is 10.1. The van der Waals surface area contributed by atoms with E-state index in [-0.39, 0.29) is 5.91 Å². The summed E-state index contributed by atoms with van der Waals surface area (Å²) >= 11 is 0. The number of hydrogen-bond donors (Lipinski definition) is 1. The molecule has 144 valence electrons. The van der Waals surface area contributed by atoms with E-state index in [1.807, 2.05) is 29.8 Å². The van der Waals surface area contributed by atoms with Crippen LogP contribution in [0.15, 0.2) is 55.4 Å². The van der Waals surface area contributed by atoms with Gasteiger partial charge in [-0.3, -0.25) is 9.78 Å². The van der Waals surface area contributed by atoms with Crippen LogP contribution in [0.3, 0.4) is 0 Å². The smallest absolute Gasteiger partial charge is 0.257 e. The van der Waals surface area contributed by atoms with Crippen molar-refractivity contribution in [1.29, 1.82) is 0 Å². The molecule has 0 aliphatic carbocycles. The number of nitrogens with one attached hydrogen (secondary N) is 1. The van der Waals surface area contributed by atoms with E-state index in [0.29, 0.717) is 11.4 Å². The van der Waals surface area contributed by atoms with Crippen molar-refractivity contribution in [2.45, 2.75) is 6.42 Å². The van der Waals surface area contributed by atoms with Gasteiger partial charge in [0.25, 0.3) is 5.91 Å². The molecule has 4 aromatic heterocycles. The van der Waals surface area contributed by atoms with Gasteiger partial charge in [0.15, 0.2) is 0 Å². The molecule has 29 heavy (non-hydrogen) atoms. The van der Waals surface area contributed by atoms with E-state index >= 15 is 0 Å². The van der Waals surface area contributed by atoms with Crippen molar-refractivity contribution in [3.8, 4) is 11.3 Å². The van der Waals surface area contributed by atoms with E-state index in [2.05, 4.69) is 30.2 Å². The summed E-state index contributed by atoms with van der Waals surface area (Å²) in [6.07, 6.45) is 9.84.